The fraction of sp³-hybridized carbons (Fsp3) is 0.727. The van der Waals surface area contributed by atoms with Gasteiger partial charge in [-0.15, -0.1) is 7.92 Å². The SMILES string of the molecule is CC1C(C)C(C)C(C)C1C.CP(C)C.C[Si](C)OS(=O)(=O)C(F)(F)F.[Ir].c1ccccc1. The van der Waals surface area contributed by atoms with E-state index in [1.807, 2.05) is 36.4 Å². The van der Waals surface area contributed by atoms with Gasteiger partial charge in [-0.3, -0.25) is 0 Å². The number of rotatable bonds is 2. The molecule has 192 valence electrons. The maximum atomic E-state index is 11.5. The Labute approximate surface area is 211 Å². The van der Waals surface area contributed by atoms with Gasteiger partial charge in [0.15, 0.2) is 0 Å². The molecule has 0 unspecified atom stereocenters. The van der Waals surface area contributed by atoms with Gasteiger partial charge in [0.25, 0.3) is 0 Å². The predicted octanol–water partition coefficient (Wildman–Crippen LogP) is 7.33. The third-order valence-electron chi connectivity index (χ3n) is 5.37. The number of hydrogen-bond acceptors (Lipinski definition) is 3. The van der Waals surface area contributed by atoms with E-state index in [-0.39, 0.29) is 20.1 Å². The van der Waals surface area contributed by atoms with Crippen LogP contribution in [0.15, 0.2) is 36.4 Å². The first-order valence-electron chi connectivity index (χ1n) is 10.4. The number of hydrogen-bond donors (Lipinski definition) is 0. The van der Waals surface area contributed by atoms with Gasteiger partial charge in [-0.1, -0.05) is 71.0 Å². The third kappa shape index (κ3) is 15.9. The molecular formula is C22H41F3IrO3PSSi. The van der Waals surface area contributed by atoms with E-state index >= 15 is 0 Å². The van der Waals surface area contributed by atoms with E-state index in [0.717, 1.165) is 29.6 Å². The summed E-state index contributed by atoms with van der Waals surface area (Å²) in [5, 5.41) is 0. The van der Waals surface area contributed by atoms with E-state index in [1.54, 1.807) is 0 Å². The van der Waals surface area contributed by atoms with Crippen LogP contribution in [-0.4, -0.2) is 43.0 Å². The molecule has 0 atom stereocenters. The first-order valence-corrected chi connectivity index (χ1v) is 16.9. The van der Waals surface area contributed by atoms with Crippen LogP contribution in [0.5, 0.6) is 0 Å². The quantitative estimate of drug-likeness (QED) is 0.185. The van der Waals surface area contributed by atoms with Crippen molar-refractivity contribution in [3.8, 4) is 0 Å². The topological polar surface area (TPSA) is 43.4 Å². The summed E-state index contributed by atoms with van der Waals surface area (Å²) < 4.78 is 58.5. The van der Waals surface area contributed by atoms with E-state index in [1.165, 1.54) is 13.1 Å². The first-order chi connectivity index (χ1) is 14.0. The molecule has 1 fully saturated rings. The summed E-state index contributed by atoms with van der Waals surface area (Å²) in [6, 6.07) is 12.0. The van der Waals surface area contributed by atoms with Crippen LogP contribution in [-0.2, 0) is 34.1 Å². The van der Waals surface area contributed by atoms with Crippen molar-refractivity contribution in [3.63, 3.8) is 0 Å². The van der Waals surface area contributed by atoms with Crippen molar-refractivity contribution >= 4 is 27.1 Å². The van der Waals surface area contributed by atoms with Crippen molar-refractivity contribution in [3.05, 3.63) is 36.4 Å². The average Bonchev–Trinajstić information content (AvgIpc) is 2.80. The molecule has 0 heterocycles. The zero-order valence-corrected chi connectivity index (χ0v) is 26.0. The minimum atomic E-state index is -5.35. The molecule has 0 spiro atoms. The van der Waals surface area contributed by atoms with Gasteiger partial charge in [-0.25, -0.2) is 0 Å². The summed E-state index contributed by atoms with van der Waals surface area (Å²) in [5.41, 5.74) is -5.30. The second-order valence-corrected chi connectivity index (χ2v) is 15.2. The van der Waals surface area contributed by atoms with E-state index in [0.29, 0.717) is 7.92 Å². The van der Waals surface area contributed by atoms with Gasteiger partial charge in [-0.05, 0) is 62.7 Å². The van der Waals surface area contributed by atoms with Gasteiger partial charge < -0.3 is 3.87 Å². The van der Waals surface area contributed by atoms with Crippen molar-refractivity contribution in [2.45, 2.75) is 53.2 Å². The smallest absolute Gasteiger partial charge is 0.309 e. The Hall–Kier alpha value is 0.216. The Balaban J connectivity index is -0.000000368. The number of halogens is 3. The van der Waals surface area contributed by atoms with Gasteiger partial charge >= 0.3 is 15.6 Å². The zero-order chi connectivity index (χ0) is 25.0. The fourth-order valence-corrected chi connectivity index (χ4v) is 5.18. The molecule has 0 amide bonds. The molecule has 0 N–H and O–H groups in total. The van der Waals surface area contributed by atoms with Crippen molar-refractivity contribution in [1.29, 1.82) is 0 Å². The van der Waals surface area contributed by atoms with Crippen molar-refractivity contribution in [2.24, 2.45) is 29.6 Å². The molecule has 10 heteroatoms. The maximum absolute atomic E-state index is 11.5. The summed E-state index contributed by atoms with van der Waals surface area (Å²) in [6.07, 6.45) is 0. The molecule has 0 aliphatic heterocycles. The fourth-order valence-electron chi connectivity index (χ4n) is 3.05. The van der Waals surface area contributed by atoms with Crippen molar-refractivity contribution in [1.82, 2.24) is 0 Å². The number of benzene rings is 1. The molecule has 0 aromatic heterocycles. The molecule has 1 aromatic rings. The third-order valence-corrected chi connectivity index (χ3v) is 8.15. The van der Waals surface area contributed by atoms with Crippen LogP contribution in [0, 0.1) is 29.6 Å². The Morgan fingerprint density at radius 1 is 0.719 bits per heavy atom. The average molecular weight is 694 g/mol. The zero-order valence-electron chi connectivity index (χ0n) is 20.9. The first kappa shape index (κ1) is 36.8. The van der Waals surface area contributed by atoms with Crippen LogP contribution in [0.4, 0.5) is 13.2 Å². The maximum Gasteiger partial charge on any atom is 0.522 e. The molecule has 1 saturated carbocycles. The minimum absolute atomic E-state index is 0. The molecule has 1 aliphatic carbocycles. The minimum Gasteiger partial charge on any atom is -0.309 e. The van der Waals surface area contributed by atoms with Crippen molar-refractivity contribution < 1.29 is 45.6 Å². The molecule has 0 saturated heterocycles. The van der Waals surface area contributed by atoms with Crippen LogP contribution in [0.2, 0.25) is 13.1 Å². The Morgan fingerprint density at radius 2 is 0.906 bits per heavy atom. The summed E-state index contributed by atoms with van der Waals surface area (Å²) in [6.45, 7) is 21.3. The second kappa shape index (κ2) is 17.6. The molecule has 0 bridgehead atoms. The van der Waals surface area contributed by atoms with Gasteiger partial charge in [0.2, 0.25) is 9.04 Å². The van der Waals surface area contributed by atoms with Gasteiger partial charge in [0.05, 0.1) is 0 Å². The van der Waals surface area contributed by atoms with E-state index < -0.39 is 24.7 Å². The molecule has 3 nitrogen and oxygen atoms in total. The molecule has 1 aliphatic rings. The summed E-state index contributed by atoms with van der Waals surface area (Å²) in [4.78, 5) is 0. The van der Waals surface area contributed by atoms with Crippen LogP contribution in [0.25, 0.3) is 0 Å². The second-order valence-electron chi connectivity index (χ2n) is 8.68. The summed E-state index contributed by atoms with van der Waals surface area (Å²) in [5.74, 6) is 4.68. The Bertz CT molecular complexity index is 602. The van der Waals surface area contributed by atoms with E-state index in [2.05, 4.69) is 58.5 Å². The van der Waals surface area contributed by atoms with Crippen LogP contribution in [0.3, 0.4) is 0 Å². The molecular weight excluding hydrogens is 653 g/mol. The molecule has 2 rings (SSSR count). The van der Waals surface area contributed by atoms with Gasteiger partial charge in [-0.2, -0.15) is 21.6 Å². The molecule has 32 heavy (non-hydrogen) atoms. The van der Waals surface area contributed by atoms with Gasteiger partial charge in [0.1, 0.15) is 0 Å². The molecule has 1 aromatic carbocycles. The van der Waals surface area contributed by atoms with Crippen LogP contribution in [0.1, 0.15) is 34.6 Å². The predicted molar refractivity (Wildman–Crippen MR) is 130 cm³/mol. The molecule has 2 radical (unpaired) electrons. The Kier molecular flexibility index (Phi) is 20.3. The van der Waals surface area contributed by atoms with Crippen LogP contribution >= 0.6 is 7.92 Å². The van der Waals surface area contributed by atoms with Crippen molar-refractivity contribution in [2.75, 3.05) is 20.0 Å². The Morgan fingerprint density at radius 3 is 1.00 bits per heavy atom. The van der Waals surface area contributed by atoms with E-state index in [4.69, 9.17) is 0 Å². The standard InChI is InChI=1S/C10H20.C6H6.C3H6F3O3SSi.C3H9P.Ir/c1-6-7(2)9(4)10(5)8(6)3;1-2-4-6-5-3-1;1-11(2)9-10(7,8)3(4,5)6;1-4(2)3;/h6-10H,1-5H3;1-6H;1-2H3;1-3H3;. The normalized spacial score (nSPS) is 24.8. The monoisotopic (exact) mass is 694 g/mol. The largest absolute Gasteiger partial charge is 0.522 e. The summed E-state index contributed by atoms with van der Waals surface area (Å²) >= 11 is 0. The summed E-state index contributed by atoms with van der Waals surface area (Å²) in [7, 11) is -6.85. The number of alkyl halides is 3. The van der Waals surface area contributed by atoms with E-state index in [9.17, 15) is 21.6 Å². The van der Waals surface area contributed by atoms with Gasteiger partial charge in [0, 0.05) is 20.1 Å². The van der Waals surface area contributed by atoms with Crippen LogP contribution < -0.4 is 0 Å².